The highest BCUT2D eigenvalue weighted by Gasteiger charge is 2.15. The lowest BCUT2D eigenvalue weighted by atomic mass is 10.1. The molecule has 2 N–H and O–H groups in total. The molecule has 0 saturated carbocycles. The zero-order chi connectivity index (χ0) is 19.4. The Bertz CT molecular complexity index is 1100. The normalized spacial score (nSPS) is 11.5. The van der Waals surface area contributed by atoms with Crippen molar-refractivity contribution < 1.29 is 17.6 Å². The number of hydrogen-bond acceptors (Lipinski definition) is 3. The molecule has 3 rings (SSSR count). The smallest absolute Gasteiger partial charge is 0.240 e. The van der Waals surface area contributed by atoms with E-state index in [0.29, 0.717) is 0 Å². The first-order valence-electron chi connectivity index (χ1n) is 8.08. The van der Waals surface area contributed by atoms with Gasteiger partial charge in [0.25, 0.3) is 0 Å². The van der Waals surface area contributed by atoms with Gasteiger partial charge in [-0.25, -0.2) is 17.5 Å². The Kier molecular flexibility index (Phi) is 5.74. The van der Waals surface area contributed by atoms with E-state index >= 15 is 0 Å². The number of hydrogen-bond donors (Lipinski definition) is 2. The third-order valence-corrected chi connectivity index (χ3v) is 5.57. The summed E-state index contributed by atoms with van der Waals surface area (Å²) in [5.74, 6) is -1.15. The second-order valence-corrected chi connectivity index (χ2v) is 8.03. The third-order valence-electron chi connectivity index (χ3n) is 3.88. The number of halogens is 2. The molecule has 0 heterocycles. The molecular weight excluding hydrogens is 391 g/mol. The van der Waals surface area contributed by atoms with Gasteiger partial charge in [0.15, 0.2) is 0 Å². The summed E-state index contributed by atoms with van der Waals surface area (Å²) in [6.45, 7) is -0.122. The number of amides is 1. The van der Waals surface area contributed by atoms with Gasteiger partial charge in [-0.2, -0.15) is 0 Å². The molecule has 0 atom stereocenters. The molecule has 1 amide bonds. The topological polar surface area (TPSA) is 75.3 Å². The highest BCUT2D eigenvalue weighted by atomic mass is 35.5. The maximum absolute atomic E-state index is 13.6. The van der Waals surface area contributed by atoms with Gasteiger partial charge < -0.3 is 5.32 Å². The fraction of sp³-hybridized carbons (Fsp3) is 0.105. The standard InChI is InChI=1S/C19H16ClFN2O3S/c20-15-6-8-17(21)18(12-15)23-19(24)9-10-22-27(25,26)16-7-5-13-3-1-2-4-14(13)11-16/h1-8,11-12,22H,9-10H2,(H,23,24). The van der Waals surface area contributed by atoms with Crippen LogP contribution in [0, 0.1) is 5.82 Å². The fourth-order valence-corrected chi connectivity index (χ4v) is 3.76. The van der Waals surface area contributed by atoms with E-state index in [4.69, 9.17) is 11.6 Å². The second-order valence-electron chi connectivity index (χ2n) is 5.83. The zero-order valence-electron chi connectivity index (χ0n) is 14.1. The Morgan fingerprint density at radius 1 is 1.00 bits per heavy atom. The number of nitrogens with one attached hydrogen (secondary N) is 2. The van der Waals surface area contributed by atoms with E-state index in [9.17, 15) is 17.6 Å². The number of rotatable bonds is 6. The van der Waals surface area contributed by atoms with Gasteiger partial charge in [0, 0.05) is 18.0 Å². The van der Waals surface area contributed by atoms with Crippen molar-refractivity contribution in [2.75, 3.05) is 11.9 Å². The SMILES string of the molecule is O=C(CCNS(=O)(=O)c1ccc2ccccc2c1)Nc1cc(Cl)ccc1F. The Morgan fingerprint density at radius 3 is 2.52 bits per heavy atom. The first-order chi connectivity index (χ1) is 12.8. The third kappa shape index (κ3) is 4.82. The first-order valence-corrected chi connectivity index (χ1v) is 9.95. The fourth-order valence-electron chi connectivity index (χ4n) is 2.52. The zero-order valence-corrected chi connectivity index (χ0v) is 15.6. The predicted molar refractivity (Wildman–Crippen MR) is 104 cm³/mol. The van der Waals surface area contributed by atoms with Crippen LogP contribution in [0.3, 0.4) is 0 Å². The van der Waals surface area contributed by atoms with Crippen molar-refractivity contribution >= 4 is 44.0 Å². The van der Waals surface area contributed by atoms with E-state index < -0.39 is 21.7 Å². The first kappa shape index (κ1) is 19.3. The van der Waals surface area contributed by atoms with Gasteiger partial charge in [-0.05, 0) is 41.1 Å². The Labute approximate surface area is 161 Å². The van der Waals surface area contributed by atoms with Gasteiger partial charge in [-0.1, -0.05) is 41.9 Å². The number of fused-ring (bicyclic) bond motifs is 1. The molecule has 8 heteroatoms. The molecule has 0 radical (unpaired) electrons. The van der Waals surface area contributed by atoms with Crippen molar-refractivity contribution in [2.24, 2.45) is 0 Å². The molecule has 0 aliphatic rings. The van der Waals surface area contributed by atoms with Crippen molar-refractivity contribution in [1.29, 1.82) is 0 Å². The Balaban J connectivity index is 1.61. The summed E-state index contributed by atoms with van der Waals surface area (Å²) in [7, 11) is -3.76. The van der Waals surface area contributed by atoms with E-state index in [0.717, 1.165) is 16.8 Å². The molecule has 0 unspecified atom stereocenters. The van der Waals surface area contributed by atoms with Gasteiger partial charge in [-0.15, -0.1) is 0 Å². The average molecular weight is 407 g/mol. The van der Waals surface area contributed by atoms with Crippen LogP contribution in [0.4, 0.5) is 10.1 Å². The van der Waals surface area contributed by atoms with E-state index in [1.807, 2.05) is 24.3 Å². The van der Waals surface area contributed by atoms with Crippen molar-refractivity contribution in [3.05, 3.63) is 71.5 Å². The minimum absolute atomic E-state index is 0.0510. The lowest BCUT2D eigenvalue weighted by Gasteiger charge is -2.09. The van der Waals surface area contributed by atoms with E-state index in [-0.39, 0.29) is 28.6 Å². The van der Waals surface area contributed by atoms with Crippen LogP contribution in [0.5, 0.6) is 0 Å². The minimum Gasteiger partial charge on any atom is -0.324 e. The van der Waals surface area contributed by atoms with E-state index in [1.54, 1.807) is 12.1 Å². The number of benzene rings is 3. The molecule has 0 bridgehead atoms. The monoisotopic (exact) mass is 406 g/mol. The summed E-state index contributed by atoms with van der Waals surface area (Å²) in [6.07, 6.45) is -0.154. The number of carbonyl (C=O) groups excluding carboxylic acids is 1. The number of carbonyl (C=O) groups is 1. The van der Waals surface area contributed by atoms with Crippen molar-refractivity contribution in [1.82, 2.24) is 4.72 Å². The molecule has 3 aromatic carbocycles. The minimum atomic E-state index is -3.76. The van der Waals surface area contributed by atoms with Crippen LogP contribution in [-0.2, 0) is 14.8 Å². The molecule has 0 saturated heterocycles. The summed E-state index contributed by atoms with van der Waals surface area (Å²) in [5.41, 5.74) is -0.0510. The van der Waals surface area contributed by atoms with E-state index in [2.05, 4.69) is 10.0 Å². The molecule has 0 aliphatic carbocycles. The second kappa shape index (κ2) is 8.04. The maximum atomic E-state index is 13.6. The Hall–Kier alpha value is -2.48. The highest BCUT2D eigenvalue weighted by Crippen LogP contribution is 2.20. The summed E-state index contributed by atoms with van der Waals surface area (Å²) in [4.78, 5) is 12.0. The highest BCUT2D eigenvalue weighted by molar-refractivity contribution is 7.89. The molecule has 3 aromatic rings. The van der Waals surface area contributed by atoms with Crippen LogP contribution < -0.4 is 10.0 Å². The molecule has 0 fully saturated rings. The van der Waals surface area contributed by atoms with Crippen LogP contribution in [0.15, 0.2) is 65.6 Å². The average Bonchev–Trinajstić information content (AvgIpc) is 2.64. The number of sulfonamides is 1. The van der Waals surface area contributed by atoms with Crippen molar-refractivity contribution in [2.45, 2.75) is 11.3 Å². The maximum Gasteiger partial charge on any atom is 0.240 e. The van der Waals surface area contributed by atoms with Gasteiger partial charge in [0.1, 0.15) is 5.82 Å². The van der Waals surface area contributed by atoms with Crippen molar-refractivity contribution in [3.8, 4) is 0 Å². The Morgan fingerprint density at radius 2 is 1.74 bits per heavy atom. The summed E-state index contributed by atoms with van der Waals surface area (Å²) in [6, 6.07) is 16.0. The lowest BCUT2D eigenvalue weighted by molar-refractivity contribution is -0.116. The summed E-state index contributed by atoms with van der Waals surface area (Å²) >= 11 is 5.76. The number of anilines is 1. The molecule has 0 spiro atoms. The van der Waals surface area contributed by atoms with Crippen LogP contribution in [0.2, 0.25) is 5.02 Å². The van der Waals surface area contributed by atoms with Gasteiger partial charge in [0.2, 0.25) is 15.9 Å². The van der Waals surface area contributed by atoms with E-state index in [1.165, 1.54) is 18.2 Å². The molecule has 27 heavy (non-hydrogen) atoms. The van der Waals surface area contributed by atoms with Crippen LogP contribution in [0.25, 0.3) is 10.8 Å². The van der Waals surface area contributed by atoms with Crippen LogP contribution in [0.1, 0.15) is 6.42 Å². The molecular formula is C19H16ClFN2O3S. The predicted octanol–water partition coefficient (Wildman–Crippen LogP) is 3.94. The summed E-state index contributed by atoms with van der Waals surface area (Å²) in [5, 5.41) is 4.38. The molecule has 0 aromatic heterocycles. The van der Waals surface area contributed by atoms with Crippen LogP contribution >= 0.6 is 11.6 Å². The quantitative estimate of drug-likeness (QED) is 0.651. The summed E-state index contributed by atoms with van der Waals surface area (Å²) < 4.78 is 40.8. The lowest BCUT2D eigenvalue weighted by Crippen LogP contribution is -2.28. The van der Waals surface area contributed by atoms with Crippen molar-refractivity contribution in [3.63, 3.8) is 0 Å². The van der Waals surface area contributed by atoms with Crippen LogP contribution in [-0.4, -0.2) is 20.9 Å². The van der Waals surface area contributed by atoms with Gasteiger partial charge in [-0.3, -0.25) is 4.79 Å². The van der Waals surface area contributed by atoms with Gasteiger partial charge >= 0.3 is 0 Å². The molecule has 0 aliphatic heterocycles. The molecule has 140 valence electrons. The van der Waals surface area contributed by atoms with Gasteiger partial charge in [0.05, 0.1) is 10.6 Å². The largest absolute Gasteiger partial charge is 0.324 e. The molecule has 5 nitrogen and oxygen atoms in total.